The van der Waals surface area contributed by atoms with E-state index in [1.54, 1.807) is 0 Å². The van der Waals surface area contributed by atoms with Crippen LogP contribution in [0.1, 0.15) is 37.7 Å². The van der Waals surface area contributed by atoms with Gasteiger partial charge in [0.1, 0.15) is 5.75 Å². The highest BCUT2D eigenvalue weighted by Crippen LogP contribution is 2.23. The zero-order valence-corrected chi connectivity index (χ0v) is 9.11. The number of rotatable bonds is 3. The lowest BCUT2D eigenvalue weighted by Gasteiger charge is -2.22. The Bertz CT molecular complexity index is 307. The molecular weight excluding hydrogens is 184 g/mol. The molecule has 1 aliphatic rings. The van der Waals surface area contributed by atoms with E-state index < -0.39 is 0 Å². The molecule has 0 aromatic heterocycles. The quantitative estimate of drug-likeness (QED) is 0.718. The molecule has 0 heterocycles. The summed E-state index contributed by atoms with van der Waals surface area (Å²) in [5.74, 6) is 0.993. The van der Waals surface area contributed by atoms with E-state index in [0.29, 0.717) is 6.10 Å². The van der Waals surface area contributed by atoms with Crippen LogP contribution < -0.4 is 4.74 Å². The van der Waals surface area contributed by atoms with Crippen LogP contribution in [0.3, 0.4) is 0 Å². The molecule has 1 saturated carbocycles. The summed E-state index contributed by atoms with van der Waals surface area (Å²) >= 11 is 0. The van der Waals surface area contributed by atoms with Gasteiger partial charge in [-0.3, -0.25) is 0 Å². The van der Waals surface area contributed by atoms with Crippen LogP contribution in [0.2, 0.25) is 0 Å². The first kappa shape index (κ1) is 10.3. The van der Waals surface area contributed by atoms with Gasteiger partial charge in [-0.05, 0) is 43.4 Å². The fraction of sp³-hybridized carbons (Fsp3) is 0.429. The molecule has 0 N–H and O–H groups in total. The summed E-state index contributed by atoms with van der Waals surface area (Å²) in [4.78, 5) is 0. The molecule has 1 fully saturated rings. The molecule has 1 nitrogen and oxygen atoms in total. The third-order valence-corrected chi connectivity index (χ3v) is 2.97. The van der Waals surface area contributed by atoms with Gasteiger partial charge < -0.3 is 4.74 Å². The molecule has 0 unspecified atom stereocenters. The van der Waals surface area contributed by atoms with Crippen molar-refractivity contribution in [1.82, 2.24) is 0 Å². The normalized spacial score (nSPS) is 17.3. The summed E-state index contributed by atoms with van der Waals surface area (Å²) < 4.78 is 5.92. The first-order valence-electron chi connectivity index (χ1n) is 5.77. The number of hydrogen-bond acceptors (Lipinski definition) is 1. The Morgan fingerprint density at radius 1 is 1.07 bits per heavy atom. The van der Waals surface area contributed by atoms with Crippen LogP contribution >= 0.6 is 0 Å². The van der Waals surface area contributed by atoms with Gasteiger partial charge in [0.25, 0.3) is 0 Å². The molecule has 15 heavy (non-hydrogen) atoms. The first-order valence-corrected chi connectivity index (χ1v) is 5.77. The molecule has 80 valence electrons. The second-order valence-electron chi connectivity index (χ2n) is 4.15. The molecule has 0 amide bonds. The predicted octanol–water partition coefficient (Wildman–Crippen LogP) is 4.04. The van der Waals surface area contributed by atoms with Gasteiger partial charge >= 0.3 is 0 Å². The van der Waals surface area contributed by atoms with Crippen molar-refractivity contribution in [2.75, 3.05) is 0 Å². The summed E-state index contributed by atoms with van der Waals surface area (Å²) in [6, 6.07) is 8.16. The summed E-state index contributed by atoms with van der Waals surface area (Å²) in [5, 5.41) is 0. The maximum Gasteiger partial charge on any atom is 0.119 e. The first-order chi connectivity index (χ1) is 7.38. The highest BCUT2D eigenvalue weighted by atomic mass is 16.5. The van der Waals surface area contributed by atoms with Crippen LogP contribution in [-0.4, -0.2) is 6.10 Å². The molecule has 1 aromatic carbocycles. The molecule has 0 saturated heterocycles. The van der Waals surface area contributed by atoms with Crippen molar-refractivity contribution in [3.63, 3.8) is 0 Å². The van der Waals surface area contributed by atoms with Crippen LogP contribution in [-0.2, 0) is 0 Å². The van der Waals surface area contributed by atoms with Gasteiger partial charge in [-0.2, -0.15) is 0 Å². The number of benzene rings is 1. The summed E-state index contributed by atoms with van der Waals surface area (Å²) in [6.07, 6.45) is 8.71. The lowest BCUT2D eigenvalue weighted by Crippen LogP contribution is -2.19. The average molecular weight is 202 g/mol. The van der Waals surface area contributed by atoms with Crippen molar-refractivity contribution >= 4 is 6.08 Å². The van der Waals surface area contributed by atoms with Gasteiger partial charge in [-0.15, -0.1) is 0 Å². The predicted molar refractivity (Wildman–Crippen MR) is 64.0 cm³/mol. The van der Waals surface area contributed by atoms with E-state index in [0.717, 1.165) is 11.3 Å². The van der Waals surface area contributed by atoms with Crippen LogP contribution in [0.15, 0.2) is 30.8 Å². The fourth-order valence-corrected chi connectivity index (χ4v) is 2.06. The third kappa shape index (κ3) is 2.85. The number of ether oxygens (including phenoxy) is 1. The van der Waals surface area contributed by atoms with E-state index in [4.69, 9.17) is 4.74 Å². The Balaban J connectivity index is 1.94. The Morgan fingerprint density at radius 3 is 2.33 bits per heavy atom. The van der Waals surface area contributed by atoms with Crippen molar-refractivity contribution in [2.45, 2.75) is 38.2 Å². The highest BCUT2D eigenvalue weighted by Gasteiger charge is 2.14. The van der Waals surface area contributed by atoms with Crippen molar-refractivity contribution in [3.8, 4) is 5.75 Å². The van der Waals surface area contributed by atoms with E-state index in [1.807, 2.05) is 30.3 Å². The molecule has 1 aromatic rings. The molecule has 0 bridgehead atoms. The van der Waals surface area contributed by atoms with Gasteiger partial charge in [-0.1, -0.05) is 31.2 Å². The average Bonchev–Trinajstić information content (AvgIpc) is 2.31. The second-order valence-corrected chi connectivity index (χ2v) is 4.15. The summed E-state index contributed by atoms with van der Waals surface area (Å²) in [5.41, 5.74) is 1.14. The lowest BCUT2D eigenvalue weighted by molar-refractivity contribution is 0.155. The van der Waals surface area contributed by atoms with E-state index in [1.165, 1.54) is 32.1 Å². The van der Waals surface area contributed by atoms with Crippen molar-refractivity contribution in [3.05, 3.63) is 36.4 Å². The van der Waals surface area contributed by atoms with Crippen molar-refractivity contribution in [1.29, 1.82) is 0 Å². The Labute approximate surface area is 91.8 Å². The van der Waals surface area contributed by atoms with Crippen LogP contribution in [0.4, 0.5) is 0 Å². The maximum absolute atomic E-state index is 5.92. The lowest BCUT2D eigenvalue weighted by atomic mass is 9.98. The van der Waals surface area contributed by atoms with E-state index >= 15 is 0 Å². The van der Waals surface area contributed by atoms with Gasteiger partial charge in [0, 0.05) is 0 Å². The Hall–Kier alpha value is -1.24. The standard InChI is InChI=1S/C14H18O/c1-2-12-8-10-14(11-9-12)15-13-6-4-3-5-7-13/h2,8-11,13H,1,3-7H2. The maximum atomic E-state index is 5.92. The van der Waals surface area contributed by atoms with Gasteiger partial charge in [0.2, 0.25) is 0 Å². The Kier molecular flexibility index (Phi) is 3.44. The highest BCUT2D eigenvalue weighted by molar-refractivity contribution is 5.48. The minimum absolute atomic E-state index is 0.438. The van der Waals surface area contributed by atoms with E-state index in [-0.39, 0.29) is 0 Å². The molecule has 0 aliphatic heterocycles. The van der Waals surface area contributed by atoms with Gasteiger partial charge in [-0.25, -0.2) is 0 Å². The van der Waals surface area contributed by atoms with Crippen molar-refractivity contribution < 1.29 is 4.74 Å². The minimum Gasteiger partial charge on any atom is -0.490 e. The van der Waals surface area contributed by atoms with Crippen LogP contribution in [0.25, 0.3) is 6.08 Å². The molecule has 1 heteroatoms. The summed E-state index contributed by atoms with van der Waals surface area (Å²) in [6.45, 7) is 3.74. The molecule has 0 spiro atoms. The molecule has 0 atom stereocenters. The largest absolute Gasteiger partial charge is 0.490 e. The smallest absolute Gasteiger partial charge is 0.119 e. The molecule has 0 radical (unpaired) electrons. The SMILES string of the molecule is C=Cc1ccc(OC2CCCCC2)cc1. The van der Waals surface area contributed by atoms with Gasteiger partial charge in [0.15, 0.2) is 0 Å². The fourth-order valence-electron chi connectivity index (χ4n) is 2.06. The second kappa shape index (κ2) is 5.01. The minimum atomic E-state index is 0.438. The van der Waals surface area contributed by atoms with Gasteiger partial charge in [0.05, 0.1) is 6.10 Å². The summed E-state index contributed by atoms with van der Waals surface area (Å²) in [7, 11) is 0. The zero-order chi connectivity index (χ0) is 10.5. The molecule has 2 rings (SSSR count). The molecular formula is C14H18O. The molecule has 1 aliphatic carbocycles. The van der Waals surface area contributed by atoms with Crippen molar-refractivity contribution in [2.24, 2.45) is 0 Å². The third-order valence-electron chi connectivity index (χ3n) is 2.97. The zero-order valence-electron chi connectivity index (χ0n) is 9.11. The topological polar surface area (TPSA) is 9.23 Å². The van der Waals surface area contributed by atoms with E-state index in [2.05, 4.69) is 6.58 Å². The van der Waals surface area contributed by atoms with Crippen LogP contribution in [0.5, 0.6) is 5.75 Å². The number of hydrogen-bond donors (Lipinski definition) is 0. The Morgan fingerprint density at radius 2 is 1.73 bits per heavy atom. The van der Waals surface area contributed by atoms with E-state index in [9.17, 15) is 0 Å². The van der Waals surface area contributed by atoms with Crippen LogP contribution in [0, 0.1) is 0 Å². The monoisotopic (exact) mass is 202 g/mol.